The summed E-state index contributed by atoms with van der Waals surface area (Å²) in [4.78, 5) is 11.1. The number of carbonyl (C=O) groups excluding carboxylic acids is 1. The number of hydrogen-bond donors (Lipinski definition) is 1. The Labute approximate surface area is 106 Å². The van der Waals surface area contributed by atoms with Crippen molar-refractivity contribution in [2.75, 3.05) is 0 Å². The summed E-state index contributed by atoms with van der Waals surface area (Å²) in [6.45, 7) is 1.91. The zero-order valence-corrected chi connectivity index (χ0v) is 10.1. The maximum absolute atomic E-state index is 11.1. The molecule has 2 rings (SSSR count). The fourth-order valence-electron chi connectivity index (χ4n) is 1.60. The Morgan fingerprint density at radius 1 is 1.17 bits per heavy atom. The standard InChI is InChI=1S/C15H14O3/c1-11(16)13-5-7-15(8-6-13)18-10-12-3-2-4-14(17)9-12/h2-9,17H,10H2,1H3. The minimum absolute atomic E-state index is 0.0366. The van der Waals surface area contributed by atoms with E-state index in [0.29, 0.717) is 17.9 Å². The number of benzene rings is 2. The first-order chi connectivity index (χ1) is 8.65. The van der Waals surface area contributed by atoms with Crippen molar-refractivity contribution >= 4 is 5.78 Å². The van der Waals surface area contributed by atoms with Crippen LogP contribution in [0.3, 0.4) is 0 Å². The van der Waals surface area contributed by atoms with Gasteiger partial charge in [0.15, 0.2) is 5.78 Å². The summed E-state index contributed by atoms with van der Waals surface area (Å²) >= 11 is 0. The van der Waals surface area contributed by atoms with Gasteiger partial charge < -0.3 is 9.84 Å². The van der Waals surface area contributed by atoms with Gasteiger partial charge in [-0.2, -0.15) is 0 Å². The minimum Gasteiger partial charge on any atom is -0.508 e. The number of aromatic hydroxyl groups is 1. The lowest BCUT2D eigenvalue weighted by molar-refractivity contribution is 0.101. The number of ether oxygens (including phenoxy) is 1. The largest absolute Gasteiger partial charge is 0.508 e. The number of Topliss-reactive ketones (excluding diaryl/α,β-unsaturated/α-hetero) is 1. The first kappa shape index (κ1) is 12.2. The Kier molecular flexibility index (Phi) is 3.63. The van der Waals surface area contributed by atoms with Gasteiger partial charge in [-0.05, 0) is 48.9 Å². The zero-order chi connectivity index (χ0) is 13.0. The topological polar surface area (TPSA) is 46.5 Å². The van der Waals surface area contributed by atoms with Gasteiger partial charge in [0.1, 0.15) is 18.1 Å². The Hall–Kier alpha value is -2.29. The van der Waals surface area contributed by atoms with Gasteiger partial charge in [-0.3, -0.25) is 4.79 Å². The highest BCUT2D eigenvalue weighted by atomic mass is 16.5. The highest BCUT2D eigenvalue weighted by Crippen LogP contribution is 2.16. The second-order valence-electron chi connectivity index (χ2n) is 4.04. The van der Waals surface area contributed by atoms with Crippen LogP contribution >= 0.6 is 0 Å². The van der Waals surface area contributed by atoms with Crippen LogP contribution in [-0.4, -0.2) is 10.9 Å². The molecule has 0 unspecified atom stereocenters. The summed E-state index contributed by atoms with van der Waals surface area (Å²) in [5, 5.41) is 9.31. The lowest BCUT2D eigenvalue weighted by Crippen LogP contribution is -1.96. The van der Waals surface area contributed by atoms with Crippen LogP contribution in [0.1, 0.15) is 22.8 Å². The maximum atomic E-state index is 11.1. The van der Waals surface area contributed by atoms with E-state index < -0.39 is 0 Å². The normalized spacial score (nSPS) is 10.1. The molecule has 0 amide bonds. The average Bonchev–Trinajstić information content (AvgIpc) is 2.37. The Balaban J connectivity index is 2.00. The molecule has 0 aromatic heterocycles. The molecule has 0 heterocycles. The van der Waals surface area contributed by atoms with Crippen LogP contribution in [0.15, 0.2) is 48.5 Å². The van der Waals surface area contributed by atoms with Crippen LogP contribution in [-0.2, 0) is 6.61 Å². The average molecular weight is 242 g/mol. The van der Waals surface area contributed by atoms with Gasteiger partial charge in [-0.25, -0.2) is 0 Å². The summed E-state index contributed by atoms with van der Waals surface area (Å²) < 4.78 is 5.56. The molecule has 0 aliphatic carbocycles. The second-order valence-corrected chi connectivity index (χ2v) is 4.04. The van der Waals surface area contributed by atoms with Gasteiger partial charge >= 0.3 is 0 Å². The van der Waals surface area contributed by atoms with E-state index in [1.807, 2.05) is 6.07 Å². The van der Waals surface area contributed by atoms with E-state index in [1.54, 1.807) is 42.5 Å². The number of hydrogen-bond acceptors (Lipinski definition) is 3. The molecule has 18 heavy (non-hydrogen) atoms. The third kappa shape index (κ3) is 3.10. The smallest absolute Gasteiger partial charge is 0.159 e. The number of rotatable bonds is 4. The molecule has 0 spiro atoms. The molecule has 0 aliphatic heterocycles. The number of ketones is 1. The summed E-state index contributed by atoms with van der Waals surface area (Å²) in [7, 11) is 0. The quantitative estimate of drug-likeness (QED) is 0.837. The van der Waals surface area contributed by atoms with E-state index in [2.05, 4.69) is 0 Å². The molecule has 1 N–H and O–H groups in total. The van der Waals surface area contributed by atoms with E-state index in [1.165, 1.54) is 6.92 Å². The molecular weight excluding hydrogens is 228 g/mol. The first-order valence-electron chi connectivity index (χ1n) is 5.67. The number of phenols is 1. The van der Waals surface area contributed by atoms with Gasteiger partial charge in [-0.1, -0.05) is 12.1 Å². The molecular formula is C15H14O3. The third-order valence-corrected chi connectivity index (χ3v) is 2.58. The summed E-state index contributed by atoms with van der Waals surface area (Å²) in [5.41, 5.74) is 1.56. The molecule has 0 saturated carbocycles. The molecule has 3 heteroatoms. The molecule has 2 aromatic rings. The van der Waals surface area contributed by atoms with Crippen molar-refractivity contribution in [1.29, 1.82) is 0 Å². The summed E-state index contributed by atoms with van der Waals surface area (Å²) in [5.74, 6) is 0.959. The predicted molar refractivity (Wildman–Crippen MR) is 68.9 cm³/mol. The lowest BCUT2D eigenvalue weighted by atomic mass is 10.1. The van der Waals surface area contributed by atoms with Crippen LogP contribution in [0, 0.1) is 0 Å². The Morgan fingerprint density at radius 3 is 2.50 bits per heavy atom. The van der Waals surface area contributed by atoms with E-state index in [9.17, 15) is 9.90 Å². The highest BCUT2D eigenvalue weighted by Gasteiger charge is 2.00. The van der Waals surface area contributed by atoms with Crippen molar-refractivity contribution in [1.82, 2.24) is 0 Å². The number of carbonyl (C=O) groups is 1. The van der Waals surface area contributed by atoms with Crippen LogP contribution in [0.4, 0.5) is 0 Å². The van der Waals surface area contributed by atoms with Crippen molar-refractivity contribution in [2.45, 2.75) is 13.5 Å². The van der Waals surface area contributed by atoms with E-state index in [0.717, 1.165) is 5.56 Å². The monoisotopic (exact) mass is 242 g/mol. The van der Waals surface area contributed by atoms with Gasteiger partial charge in [0.25, 0.3) is 0 Å². The van der Waals surface area contributed by atoms with E-state index in [-0.39, 0.29) is 11.5 Å². The van der Waals surface area contributed by atoms with Gasteiger partial charge in [0.05, 0.1) is 0 Å². The fourth-order valence-corrected chi connectivity index (χ4v) is 1.60. The zero-order valence-electron chi connectivity index (χ0n) is 10.1. The Morgan fingerprint density at radius 2 is 1.89 bits per heavy atom. The second kappa shape index (κ2) is 5.36. The summed E-state index contributed by atoms with van der Waals surface area (Å²) in [6, 6.07) is 13.9. The SMILES string of the molecule is CC(=O)c1ccc(OCc2cccc(O)c2)cc1. The predicted octanol–water partition coefficient (Wildman–Crippen LogP) is 3.17. The van der Waals surface area contributed by atoms with Gasteiger partial charge in [0.2, 0.25) is 0 Å². The van der Waals surface area contributed by atoms with Crippen molar-refractivity contribution in [3.05, 3.63) is 59.7 Å². The molecule has 2 aromatic carbocycles. The summed E-state index contributed by atoms with van der Waals surface area (Å²) in [6.07, 6.45) is 0. The molecule has 3 nitrogen and oxygen atoms in total. The van der Waals surface area contributed by atoms with Crippen LogP contribution in [0.25, 0.3) is 0 Å². The third-order valence-electron chi connectivity index (χ3n) is 2.58. The van der Waals surface area contributed by atoms with Crippen molar-refractivity contribution in [2.24, 2.45) is 0 Å². The van der Waals surface area contributed by atoms with Crippen LogP contribution in [0.5, 0.6) is 11.5 Å². The molecule has 0 radical (unpaired) electrons. The van der Waals surface area contributed by atoms with Crippen LogP contribution < -0.4 is 4.74 Å². The van der Waals surface area contributed by atoms with E-state index in [4.69, 9.17) is 4.74 Å². The van der Waals surface area contributed by atoms with Crippen molar-refractivity contribution < 1.29 is 14.6 Å². The molecule has 0 atom stereocenters. The lowest BCUT2D eigenvalue weighted by Gasteiger charge is -2.07. The van der Waals surface area contributed by atoms with E-state index >= 15 is 0 Å². The van der Waals surface area contributed by atoms with Gasteiger partial charge in [-0.15, -0.1) is 0 Å². The molecule has 0 bridgehead atoms. The minimum atomic E-state index is 0.0366. The van der Waals surface area contributed by atoms with Crippen LogP contribution in [0.2, 0.25) is 0 Å². The Bertz CT molecular complexity index is 544. The molecule has 0 aliphatic rings. The molecule has 0 saturated heterocycles. The fraction of sp³-hybridized carbons (Fsp3) is 0.133. The van der Waals surface area contributed by atoms with Gasteiger partial charge in [0, 0.05) is 5.56 Å². The van der Waals surface area contributed by atoms with Crippen molar-refractivity contribution in [3.63, 3.8) is 0 Å². The maximum Gasteiger partial charge on any atom is 0.159 e. The molecule has 92 valence electrons. The number of phenolic OH excluding ortho intramolecular Hbond substituents is 1. The van der Waals surface area contributed by atoms with Crippen molar-refractivity contribution in [3.8, 4) is 11.5 Å². The highest BCUT2D eigenvalue weighted by molar-refractivity contribution is 5.94. The molecule has 0 fully saturated rings. The first-order valence-corrected chi connectivity index (χ1v) is 5.67.